The summed E-state index contributed by atoms with van der Waals surface area (Å²) in [5.41, 5.74) is 5.33. The third-order valence-electron chi connectivity index (χ3n) is 6.34. The van der Waals surface area contributed by atoms with Crippen LogP contribution in [0.15, 0.2) is 59.1 Å². The van der Waals surface area contributed by atoms with Gasteiger partial charge in [0.25, 0.3) is 0 Å². The van der Waals surface area contributed by atoms with E-state index in [1.54, 1.807) is 20.3 Å². The average Bonchev–Trinajstić information content (AvgIpc) is 2.82. The first kappa shape index (κ1) is 23.2. The molecule has 6 heteroatoms. The number of fused-ring (bicyclic) bond motifs is 1. The number of carboxylic acids is 1. The molecule has 1 heterocycles. The van der Waals surface area contributed by atoms with E-state index in [-0.39, 0.29) is 17.5 Å². The van der Waals surface area contributed by atoms with E-state index in [1.807, 2.05) is 24.3 Å². The van der Waals surface area contributed by atoms with E-state index in [1.165, 1.54) is 5.56 Å². The van der Waals surface area contributed by atoms with Crippen LogP contribution in [0.4, 0.5) is 5.69 Å². The van der Waals surface area contributed by atoms with Crippen LogP contribution in [-0.2, 0) is 0 Å². The maximum absolute atomic E-state index is 12.1. The Morgan fingerprint density at radius 1 is 1.00 bits per heavy atom. The van der Waals surface area contributed by atoms with Gasteiger partial charge >= 0.3 is 5.97 Å². The normalized spacial score (nSPS) is 17.3. The van der Waals surface area contributed by atoms with E-state index in [0.29, 0.717) is 23.1 Å². The van der Waals surface area contributed by atoms with Gasteiger partial charge in [0.2, 0.25) is 0 Å². The van der Waals surface area contributed by atoms with E-state index in [4.69, 9.17) is 9.47 Å². The lowest BCUT2D eigenvalue weighted by Crippen LogP contribution is -2.24. The van der Waals surface area contributed by atoms with Gasteiger partial charge in [-0.25, -0.2) is 4.79 Å². The zero-order valence-electron chi connectivity index (χ0n) is 19.2. The fourth-order valence-corrected chi connectivity index (χ4v) is 5.02. The molecule has 0 aromatic heterocycles. The summed E-state index contributed by atoms with van der Waals surface area (Å²) in [5, 5.41) is 13.5. The number of methoxy groups -OCH3 is 2. The Hall–Kier alpha value is -2.99. The first-order valence-electron chi connectivity index (χ1n) is 11.0. The van der Waals surface area contributed by atoms with Crippen molar-refractivity contribution in [2.75, 3.05) is 19.5 Å². The van der Waals surface area contributed by atoms with Crippen molar-refractivity contribution >= 4 is 27.6 Å². The Morgan fingerprint density at radius 3 is 2.27 bits per heavy atom. The molecule has 0 aliphatic carbocycles. The molecule has 0 radical (unpaired) electrons. The summed E-state index contributed by atoms with van der Waals surface area (Å²) in [6.45, 7) is 4.35. The first-order valence-corrected chi connectivity index (χ1v) is 11.8. The van der Waals surface area contributed by atoms with E-state index < -0.39 is 5.97 Å². The van der Waals surface area contributed by atoms with Crippen LogP contribution >= 0.6 is 15.9 Å². The minimum absolute atomic E-state index is 0.0218. The number of halogens is 1. The molecule has 2 unspecified atom stereocenters. The SMILES string of the molecule is COc1ccc(C2CC(c3ccc(C(C)C)cc3)Nc3c(C(=O)O)cc(Br)cc32)cc1OC. The van der Waals surface area contributed by atoms with E-state index in [2.05, 4.69) is 59.4 Å². The molecule has 0 fully saturated rings. The highest BCUT2D eigenvalue weighted by atomic mass is 79.9. The summed E-state index contributed by atoms with van der Waals surface area (Å²) in [7, 11) is 3.24. The molecular weight excluding hydrogens is 482 g/mol. The Balaban J connectivity index is 1.84. The van der Waals surface area contributed by atoms with Gasteiger partial charge in [0.15, 0.2) is 11.5 Å². The molecule has 0 saturated carbocycles. The molecule has 3 aromatic rings. The third kappa shape index (κ3) is 4.58. The van der Waals surface area contributed by atoms with Gasteiger partial charge in [0.1, 0.15) is 0 Å². The summed E-state index contributed by atoms with van der Waals surface area (Å²) in [6, 6.07) is 18.1. The highest BCUT2D eigenvalue weighted by Gasteiger charge is 2.32. The van der Waals surface area contributed by atoms with E-state index >= 15 is 0 Å². The maximum atomic E-state index is 12.1. The van der Waals surface area contributed by atoms with Gasteiger partial charge in [-0.05, 0) is 58.9 Å². The number of anilines is 1. The highest BCUT2D eigenvalue weighted by molar-refractivity contribution is 9.10. The van der Waals surface area contributed by atoms with Gasteiger partial charge in [-0.1, -0.05) is 60.1 Å². The van der Waals surface area contributed by atoms with Crippen LogP contribution in [0.3, 0.4) is 0 Å². The lowest BCUT2D eigenvalue weighted by molar-refractivity contribution is 0.0697. The standard InChI is InChI=1S/C27H28BrNO4/c1-15(2)16-5-7-17(8-6-16)23-14-20(18-9-10-24(32-3)25(11-18)33-4)21-12-19(28)13-22(27(30)31)26(21)29-23/h5-13,15,20,23,29H,14H2,1-4H3,(H,30,31). The first-order chi connectivity index (χ1) is 15.8. The van der Waals surface area contributed by atoms with Gasteiger partial charge in [0, 0.05) is 10.4 Å². The molecule has 3 aromatic carbocycles. The van der Waals surface area contributed by atoms with Gasteiger partial charge < -0.3 is 19.9 Å². The maximum Gasteiger partial charge on any atom is 0.337 e. The van der Waals surface area contributed by atoms with Gasteiger partial charge in [0.05, 0.1) is 31.5 Å². The number of nitrogens with one attached hydrogen (secondary N) is 1. The molecule has 5 nitrogen and oxygen atoms in total. The average molecular weight is 510 g/mol. The molecule has 172 valence electrons. The fraction of sp³-hybridized carbons (Fsp3) is 0.296. The summed E-state index contributed by atoms with van der Waals surface area (Å²) in [4.78, 5) is 12.1. The summed E-state index contributed by atoms with van der Waals surface area (Å²) in [5.74, 6) is 0.793. The molecule has 1 aliphatic rings. The van der Waals surface area contributed by atoms with Crippen molar-refractivity contribution in [3.05, 3.63) is 86.9 Å². The fourth-order valence-electron chi connectivity index (χ4n) is 4.55. The zero-order valence-corrected chi connectivity index (χ0v) is 20.8. The second-order valence-corrected chi connectivity index (χ2v) is 9.56. The monoisotopic (exact) mass is 509 g/mol. The second kappa shape index (κ2) is 9.48. The molecule has 2 atom stereocenters. The quantitative estimate of drug-likeness (QED) is 0.375. The van der Waals surface area contributed by atoms with Crippen molar-refractivity contribution in [2.45, 2.75) is 38.1 Å². The molecular formula is C27H28BrNO4. The predicted octanol–water partition coefficient (Wildman–Crippen LogP) is 6.98. The summed E-state index contributed by atoms with van der Waals surface area (Å²) >= 11 is 3.51. The number of carbonyl (C=O) groups is 1. The van der Waals surface area contributed by atoms with E-state index in [0.717, 1.165) is 27.6 Å². The lowest BCUT2D eigenvalue weighted by atomic mass is 9.79. The smallest absolute Gasteiger partial charge is 0.337 e. The minimum atomic E-state index is -0.957. The van der Waals surface area contributed by atoms with Crippen LogP contribution in [0, 0.1) is 0 Å². The molecule has 0 amide bonds. The molecule has 0 spiro atoms. The van der Waals surface area contributed by atoms with Gasteiger partial charge in [-0.15, -0.1) is 0 Å². The number of rotatable bonds is 6. The molecule has 2 N–H and O–H groups in total. The molecule has 4 rings (SSSR count). The van der Waals surface area contributed by atoms with Gasteiger partial charge in [-0.3, -0.25) is 0 Å². The Morgan fingerprint density at radius 2 is 1.67 bits per heavy atom. The molecule has 33 heavy (non-hydrogen) atoms. The summed E-state index contributed by atoms with van der Waals surface area (Å²) < 4.78 is 11.7. The van der Waals surface area contributed by atoms with Crippen LogP contribution in [0.5, 0.6) is 11.5 Å². The van der Waals surface area contributed by atoms with Crippen LogP contribution in [-0.4, -0.2) is 25.3 Å². The number of hydrogen-bond donors (Lipinski definition) is 2. The van der Waals surface area contributed by atoms with Crippen LogP contribution in [0.25, 0.3) is 0 Å². The van der Waals surface area contributed by atoms with E-state index in [9.17, 15) is 9.90 Å². The minimum Gasteiger partial charge on any atom is -0.493 e. The molecule has 0 bridgehead atoms. The molecule has 0 saturated heterocycles. The van der Waals surface area contributed by atoms with Crippen LogP contribution < -0.4 is 14.8 Å². The number of benzene rings is 3. The summed E-state index contributed by atoms with van der Waals surface area (Å²) in [6.07, 6.45) is 0.777. The van der Waals surface area contributed by atoms with Crippen LogP contribution in [0.1, 0.15) is 70.8 Å². The topological polar surface area (TPSA) is 67.8 Å². The Kier molecular flexibility index (Phi) is 6.66. The number of carboxylic acid groups (broad SMARTS) is 1. The Bertz CT molecular complexity index is 1170. The molecule has 1 aliphatic heterocycles. The van der Waals surface area contributed by atoms with Crippen molar-refractivity contribution in [3.63, 3.8) is 0 Å². The van der Waals surface area contributed by atoms with Crippen LogP contribution in [0.2, 0.25) is 0 Å². The third-order valence-corrected chi connectivity index (χ3v) is 6.80. The second-order valence-electron chi connectivity index (χ2n) is 8.64. The van der Waals surface area contributed by atoms with Crippen molar-refractivity contribution in [3.8, 4) is 11.5 Å². The zero-order chi connectivity index (χ0) is 23.7. The Labute approximate surface area is 202 Å². The number of aromatic carboxylic acids is 1. The van der Waals surface area contributed by atoms with Crippen molar-refractivity contribution in [1.29, 1.82) is 0 Å². The van der Waals surface area contributed by atoms with Crippen molar-refractivity contribution < 1.29 is 19.4 Å². The number of hydrogen-bond acceptors (Lipinski definition) is 4. The lowest BCUT2D eigenvalue weighted by Gasteiger charge is -2.35. The highest BCUT2D eigenvalue weighted by Crippen LogP contribution is 2.47. The largest absolute Gasteiger partial charge is 0.493 e. The predicted molar refractivity (Wildman–Crippen MR) is 134 cm³/mol. The van der Waals surface area contributed by atoms with Gasteiger partial charge in [-0.2, -0.15) is 0 Å². The van der Waals surface area contributed by atoms with Crippen molar-refractivity contribution in [2.24, 2.45) is 0 Å². The number of ether oxygens (including phenoxy) is 2. The van der Waals surface area contributed by atoms with Crippen molar-refractivity contribution in [1.82, 2.24) is 0 Å².